The highest BCUT2D eigenvalue weighted by Crippen LogP contribution is 2.19. The molecule has 3 N–H and O–H groups in total. The van der Waals surface area contributed by atoms with Gasteiger partial charge in [0.1, 0.15) is 0 Å². The minimum absolute atomic E-state index is 0.626. The zero-order chi connectivity index (χ0) is 13.8. The summed E-state index contributed by atoms with van der Waals surface area (Å²) in [5.74, 6) is 0. The van der Waals surface area contributed by atoms with Gasteiger partial charge >= 0.3 is 0 Å². The molecule has 0 atom stereocenters. The highest BCUT2D eigenvalue weighted by atomic mass is 35.5. The van der Waals surface area contributed by atoms with Crippen LogP contribution in [0.15, 0.2) is 47.6 Å². The molecule has 2 aromatic carbocycles. The fraction of sp³-hybridized carbons (Fsp3) is 0.0714. The minimum atomic E-state index is 0.626. The summed E-state index contributed by atoms with van der Waals surface area (Å²) in [6.45, 7) is 1.86. The minimum Gasteiger partial charge on any atom is -0.398 e. The van der Waals surface area contributed by atoms with Crippen molar-refractivity contribution in [1.29, 1.82) is 0 Å². The summed E-state index contributed by atoms with van der Waals surface area (Å²) in [5.41, 5.74) is 11.8. The third-order valence-electron chi connectivity index (χ3n) is 2.58. The van der Waals surface area contributed by atoms with Crippen molar-refractivity contribution in [3.63, 3.8) is 0 Å². The fourth-order valence-electron chi connectivity index (χ4n) is 1.61. The molecule has 0 unspecified atom stereocenters. The van der Waals surface area contributed by atoms with Gasteiger partial charge in [-0.25, -0.2) is 0 Å². The van der Waals surface area contributed by atoms with Crippen LogP contribution in [0.2, 0.25) is 10.0 Å². The van der Waals surface area contributed by atoms with Gasteiger partial charge in [0, 0.05) is 21.3 Å². The maximum atomic E-state index is 5.95. The van der Waals surface area contributed by atoms with E-state index >= 15 is 0 Å². The number of nitrogens with one attached hydrogen (secondary N) is 1. The molecule has 0 aliphatic rings. The van der Waals surface area contributed by atoms with Crippen molar-refractivity contribution in [3.05, 3.63) is 58.1 Å². The van der Waals surface area contributed by atoms with E-state index in [1.807, 2.05) is 19.1 Å². The summed E-state index contributed by atoms with van der Waals surface area (Å²) in [7, 11) is 0. The van der Waals surface area contributed by atoms with E-state index in [2.05, 4.69) is 10.5 Å². The normalized spacial score (nSPS) is 11.4. The average molecular weight is 294 g/mol. The van der Waals surface area contributed by atoms with Crippen LogP contribution in [-0.2, 0) is 0 Å². The van der Waals surface area contributed by atoms with E-state index in [0.29, 0.717) is 15.7 Å². The van der Waals surface area contributed by atoms with Gasteiger partial charge in [0.2, 0.25) is 0 Å². The molecule has 98 valence electrons. The van der Waals surface area contributed by atoms with Crippen LogP contribution in [0, 0.1) is 0 Å². The zero-order valence-electron chi connectivity index (χ0n) is 10.3. The number of nitrogens with zero attached hydrogens (tertiary/aromatic N) is 1. The van der Waals surface area contributed by atoms with Crippen LogP contribution >= 0.6 is 23.2 Å². The van der Waals surface area contributed by atoms with E-state index in [0.717, 1.165) is 17.0 Å². The summed E-state index contributed by atoms with van der Waals surface area (Å²) in [6, 6.07) is 12.6. The van der Waals surface area contributed by atoms with Crippen LogP contribution in [0.5, 0.6) is 0 Å². The molecular formula is C14H13Cl2N3. The molecule has 2 aromatic rings. The Morgan fingerprint density at radius 1 is 1.11 bits per heavy atom. The van der Waals surface area contributed by atoms with Crippen LogP contribution in [0.4, 0.5) is 11.4 Å². The van der Waals surface area contributed by atoms with Gasteiger partial charge in [-0.05, 0) is 43.3 Å². The molecule has 0 saturated carbocycles. The third-order valence-corrected chi connectivity index (χ3v) is 3.05. The lowest BCUT2D eigenvalue weighted by atomic mass is 10.1. The van der Waals surface area contributed by atoms with Crippen LogP contribution in [0.1, 0.15) is 12.5 Å². The van der Waals surface area contributed by atoms with Crippen molar-refractivity contribution in [2.75, 3.05) is 11.2 Å². The highest BCUT2D eigenvalue weighted by molar-refractivity contribution is 6.31. The molecule has 0 aliphatic carbocycles. The predicted molar refractivity (Wildman–Crippen MR) is 83.2 cm³/mol. The van der Waals surface area contributed by atoms with Gasteiger partial charge in [0.05, 0.1) is 11.4 Å². The molecule has 0 spiro atoms. The molecule has 2 rings (SSSR count). The molecule has 0 fully saturated rings. The number of halogens is 2. The first kappa shape index (κ1) is 13.7. The van der Waals surface area contributed by atoms with Crippen molar-refractivity contribution in [2.24, 2.45) is 5.10 Å². The first-order chi connectivity index (χ1) is 9.06. The fourth-order valence-corrected chi connectivity index (χ4v) is 1.97. The summed E-state index contributed by atoms with van der Waals surface area (Å²) in [5, 5.41) is 5.56. The molecule has 0 aliphatic heterocycles. The molecule has 0 saturated heterocycles. The molecule has 0 amide bonds. The van der Waals surface area contributed by atoms with Crippen molar-refractivity contribution in [1.82, 2.24) is 0 Å². The topological polar surface area (TPSA) is 50.4 Å². The Morgan fingerprint density at radius 3 is 2.58 bits per heavy atom. The van der Waals surface area contributed by atoms with Crippen molar-refractivity contribution in [2.45, 2.75) is 6.92 Å². The number of hydrogen-bond donors (Lipinski definition) is 2. The Labute approximate surface area is 122 Å². The maximum Gasteiger partial charge on any atom is 0.0669 e. The van der Waals surface area contributed by atoms with Gasteiger partial charge in [-0.2, -0.15) is 5.10 Å². The van der Waals surface area contributed by atoms with E-state index in [9.17, 15) is 0 Å². The van der Waals surface area contributed by atoms with Crippen molar-refractivity contribution >= 4 is 40.3 Å². The zero-order valence-corrected chi connectivity index (χ0v) is 11.8. The van der Waals surface area contributed by atoms with E-state index in [4.69, 9.17) is 28.9 Å². The summed E-state index contributed by atoms with van der Waals surface area (Å²) < 4.78 is 0. The molecular weight excluding hydrogens is 281 g/mol. The smallest absolute Gasteiger partial charge is 0.0669 e. The number of nitrogens with two attached hydrogens (primary N) is 1. The lowest BCUT2D eigenvalue weighted by Gasteiger charge is -2.07. The predicted octanol–water partition coefficient (Wildman–Crippen LogP) is 4.41. The second kappa shape index (κ2) is 5.95. The monoisotopic (exact) mass is 293 g/mol. The third kappa shape index (κ3) is 3.63. The average Bonchev–Trinajstić information content (AvgIpc) is 2.39. The van der Waals surface area contributed by atoms with Crippen LogP contribution in [0.3, 0.4) is 0 Å². The lowest BCUT2D eigenvalue weighted by molar-refractivity contribution is 1.32. The largest absolute Gasteiger partial charge is 0.398 e. The highest BCUT2D eigenvalue weighted by Gasteiger charge is 2.04. The van der Waals surface area contributed by atoms with Crippen LogP contribution < -0.4 is 11.2 Å². The number of benzene rings is 2. The summed E-state index contributed by atoms with van der Waals surface area (Å²) in [6.07, 6.45) is 0. The second-order valence-corrected chi connectivity index (χ2v) is 4.92. The molecule has 0 bridgehead atoms. The Balaban J connectivity index is 2.21. The molecule has 5 heteroatoms. The van der Waals surface area contributed by atoms with Crippen molar-refractivity contribution in [3.8, 4) is 0 Å². The molecule has 19 heavy (non-hydrogen) atoms. The lowest BCUT2D eigenvalue weighted by Crippen LogP contribution is -2.03. The maximum absolute atomic E-state index is 5.95. The summed E-state index contributed by atoms with van der Waals surface area (Å²) >= 11 is 11.8. The second-order valence-electron chi connectivity index (χ2n) is 4.05. The Hall–Kier alpha value is -1.71. The van der Waals surface area contributed by atoms with Gasteiger partial charge < -0.3 is 5.73 Å². The van der Waals surface area contributed by atoms with Gasteiger partial charge in [-0.15, -0.1) is 0 Å². The van der Waals surface area contributed by atoms with Gasteiger partial charge in [-0.1, -0.05) is 29.3 Å². The number of hydrazone groups is 1. The molecule has 3 nitrogen and oxygen atoms in total. The number of anilines is 2. The standard InChI is InChI=1S/C14H13Cl2N3/c1-9(13-8-11(16)5-6-14(13)17)18-19-12-4-2-3-10(15)7-12/h2-8,19H,17H2,1H3/b18-9+. The van der Waals surface area contributed by atoms with Crippen LogP contribution in [0.25, 0.3) is 0 Å². The first-order valence-electron chi connectivity index (χ1n) is 5.67. The number of hydrogen-bond acceptors (Lipinski definition) is 3. The van der Waals surface area contributed by atoms with Crippen molar-refractivity contribution < 1.29 is 0 Å². The Kier molecular flexibility index (Phi) is 4.30. The van der Waals surface area contributed by atoms with E-state index in [1.54, 1.807) is 30.3 Å². The number of rotatable bonds is 3. The Bertz CT molecular complexity index is 624. The quantitative estimate of drug-likeness (QED) is 0.500. The molecule has 0 aromatic heterocycles. The first-order valence-corrected chi connectivity index (χ1v) is 6.43. The van der Waals surface area contributed by atoms with Gasteiger partial charge in [0.15, 0.2) is 0 Å². The van der Waals surface area contributed by atoms with Gasteiger partial charge in [-0.3, -0.25) is 5.43 Å². The van der Waals surface area contributed by atoms with Gasteiger partial charge in [0.25, 0.3) is 0 Å². The summed E-state index contributed by atoms with van der Waals surface area (Å²) in [4.78, 5) is 0. The van der Waals surface area contributed by atoms with E-state index < -0.39 is 0 Å². The van der Waals surface area contributed by atoms with E-state index in [1.165, 1.54) is 0 Å². The van der Waals surface area contributed by atoms with E-state index in [-0.39, 0.29) is 0 Å². The molecule has 0 heterocycles. The molecule has 0 radical (unpaired) electrons. The Morgan fingerprint density at radius 2 is 1.84 bits per heavy atom. The number of nitrogen functional groups attached to an aromatic ring is 1. The van der Waals surface area contributed by atoms with Crippen LogP contribution in [-0.4, -0.2) is 5.71 Å². The SMILES string of the molecule is C/C(=N\Nc1cccc(Cl)c1)c1cc(Cl)ccc1N.